The molecule has 0 aromatic heterocycles. The van der Waals surface area contributed by atoms with Crippen LogP contribution in [0.15, 0.2) is 30.3 Å². The van der Waals surface area contributed by atoms with Crippen LogP contribution in [0.2, 0.25) is 0 Å². The summed E-state index contributed by atoms with van der Waals surface area (Å²) in [6, 6.07) is 9.46. The lowest BCUT2D eigenvalue weighted by Gasteiger charge is -2.08. The largest absolute Gasteiger partial charge is 0.468 e. The summed E-state index contributed by atoms with van der Waals surface area (Å²) in [5, 5.41) is 6.06. The fourth-order valence-electron chi connectivity index (χ4n) is 0.921. The molecule has 0 saturated heterocycles. The van der Waals surface area contributed by atoms with E-state index < -0.39 is 0 Å². The van der Waals surface area contributed by atoms with Gasteiger partial charge < -0.3 is 15.4 Å². The summed E-state index contributed by atoms with van der Waals surface area (Å²) < 4.78 is 4.46. The maximum absolute atomic E-state index is 10.8. The highest BCUT2D eigenvalue weighted by Crippen LogP contribution is 2.03. The summed E-state index contributed by atoms with van der Waals surface area (Å²) in [5.41, 5.74) is 0.875. The molecule has 0 heterocycles. The van der Waals surface area contributed by atoms with E-state index in [0.717, 1.165) is 5.69 Å². The molecule has 0 aliphatic rings. The molecule has 0 unspecified atom stereocenters. The molecule has 0 amide bonds. The number of rotatable bonds is 3. The standard InChI is InChI=1S/C10H12N2O2S/c1-14-9(13)7-11-10(15)12-8-5-3-2-4-6-8/h2-6H,7H2,1H3,(H2,11,12,15). The third-order valence-electron chi connectivity index (χ3n) is 1.65. The Morgan fingerprint density at radius 2 is 2.07 bits per heavy atom. The number of benzene rings is 1. The molecule has 0 aliphatic carbocycles. The maximum Gasteiger partial charge on any atom is 0.325 e. The predicted molar refractivity (Wildman–Crippen MR) is 62.7 cm³/mol. The number of thiocarbonyl (C=S) groups is 1. The monoisotopic (exact) mass is 224 g/mol. The van der Waals surface area contributed by atoms with Crippen molar-refractivity contribution in [3.05, 3.63) is 30.3 Å². The van der Waals surface area contributed by atoms with Crippen LogP contribution in [0.25, 0.3) is 0 Å². The van der Waals surface area contributed by atoms with Crippen molar-refractivity contribution < 1.29 is 9.53 Å². The number of methoxy groups -OCH3 is 1. The Bertz CT molecular complexity index is 341. The Morgan fingerprint density at radius 3 is 2.67 bits per heavy atom. The van der Waals surface area contributed by atoms with E-state index in [1.165, 1.54) is 7.11 Å². The molecular formula is C10H12N2O2S. The average molecular weight is 224 g/mol. The minimum absolute atomic E-state index is 0.0646. The van der Waals surface area contributed by atoms with E-state index in [1.807, 2.05) is 30.3 Å². The van der Waals surface area contributed by atoms with Gasteiger partial charge in [0.2, 0.25) is 0 Å². The van der Waals surface area contributed by atoms with Crippen LogP contribution >= 0.6 is 12.2 Å². The Balaban J connectivity index is 2.34. The molecule has 1 aromatic carbocycles. The van der Waals surface area contributed by atoms with Crippen molar-refractivity contribution in [2.45, 2.75) is 0 Å². The van der Waals surface area contributed by atoms with Crippen LogP contribution in [-0.2, 0) is 9.53 Å². The number of para-hydroxylation sites is 1. The molecule has 0 aliphatic heterocycles. The number of carbonyl (C=O) groups excluding carboxylic acids is 1. The molecule has 4 nitrogen and oxygen atoms in total. The van der Waals surface area contributed by atoms with Gasteiger partial charge in [-0.1, -0.05) is 18.2 Å². The van der Waals surface area contributed by atoms with Crippen LogP contribution in [0.1, 0.15) is 0 Å². The third-order valence-corrected chi connectivity index (χ3v) is 1.90. The summed E-state index contributed by atoms with van der Waals surface area (Å²) >= 11 is 4.97. The number of nitrogens with one attached hydrogen (secondary N) is 2. The fraction of sp³-hybridized carbons (Fsp3) is 0.200. The first-order chi connectivity index (χ1) is 7.22. The second kappa shape index (κ2) is 5.98. The SMILES string of the molecule is COC(=O)CNC(=S)Nc1ccccc1. The third kappa shape index (κ3) is 4.42. The molecule has 2 N–H and O–H groups in total. The molecule has 15 heavy (non-hydrogen) atoms. The number of hydrogen-bond donors (Lipinski definition) is 2. The van der Waals surface area contributed by atoms with E-state index in [-0.39, 0.29) is 12.5 Å². The lowest BCUT2D eigenvalue weighted by Crippen LogP contribution is -2.33. The first-order valence-electron chi connectivity index (χ1n) is 4.39. The minimum atomic E-state index is -0.354. The normalized spacial score (nSPS) is 9.13. The van der Waals surface area contributed by atoms with Crippen LogP contribution in [-0.4, -0.2) is 24.7 Å². The molecule has 1 aromatic rings. The quantitative estimate of drug-likeness (QED) is 0.596. The highest BCUT2D eigenvalue weighted by atomic mass is 32.1. The van der Waals surface area contributed by atoms with Gasteiger partial charge in [-0.2, -0.15) is 0 Å². The molecule has 1 rings (SSSR count). The van der Waals surface area contributed by atoms with E-state index in [1.54, 1.807) is 0 Å². The zero-order valence-electron chi connectivity index (χ0n) is 8.32. The lowest BCUT2D eigenvalue weighted by molar-refractivity contribution is -0.139. The van der Waals surface area contributed by atoms with Gasteiger partial charge in [0.25, 0.3) is 0 Å². The van der Waals surface area contributed by atoms with Crippen LogP contribution in [0, 0.1) is 0 Å². The van der Waals surface area contributed by atoms with Gasteiger partial charge in [-0.05, 0) is 24.4 Å². The van der Waals surface area contributed by atoms with E-state index in [2.05, 4.69) is 15.4 Å². The molecule has 0 bridgehead atoms. The molecular weight excluding hydrogens is 212 g/mol. The summed E-state index contributed by atoms with van der Waals surface area (Å²) in [6.45, 7) is 0.0646. The van der Waals surface area contributed by atoms with E-state index in [4.69, 9.17) is 12.2 Å². The summed E-state index contributed by atoms with van der Waals surface area (Å²) in [6.07, 6.45) is 0. The van der Waals surface area contributed by atoms with E-state index in [0.29, 0.717) is 5.11 Å². The number of carbonyl (C=O) groups is 1. The molecule has 0 fully saturated rings. The summed E-state index contributed by atoms with van der Waals surface area (Å²) in [7, 11) is 1.33. The Kier molecular flexibility index (Phi) is 4.56. The van der Waals surface area contributed by atoms with Crippen LogP contribution in [0.5, 0.6) is 0 Å². The maximum atomic E-state index is 10.8. The molecule has 0 radical (unpaired) electrons. The average Bonchev–Trinajstić information content (AvgIpc) is 2.27. The lowest BCUT2D eigenvalue weighted by atomic mass is 10.3. The minimum Gasteiger partial charge on any atom is -0.468 e. The van der Waals surface area contributed by atoms with Crippen LogP contribution in [0.3, 0.4) is 0 Å². The van der Waals surface area contributed by atoms with Gasteiger partial charge in [-0.25, -0.2) is 0 Å². The van der Waals surface area contributed by atoms with Crippen molar-refractivity contribution in [2.24, 2.45) is 0 Å². The van der Waals surface area contributed by atoms with Gasteiger partial charge in [0.1, 0.15) is 6.54 Å². The van der Waals surface area contributed by atoms with E-state index in [9.17, 15) is 4.79 Å². The molecule has 5 heteroatoms. The fourth-order valence-corrected chi connectivity index (χ4v) is 1.11. The van der Waals surface area contributed by atoms with Crippen LogP contribution < -0.4 is 10.6 Å². The number of hydrogen-bond acceptors (Lipinski definition) is 3. The van der Waals surface area contributed by atoms with Gasteiger partial charge in [0.15, 0.2) is 5.11 Å². The van der Waals surface area contributed by atoms with Gasteiger partial charge in [-0.3, -0.25) is 4.79 Å². The summed E-state index contributed by atoms with van der Waals surface area (Å²) in [4.78, 5) is 10.8. The Hall–Kier alpha value is -1.62. The van der Waals surface area contributed by atoms with Crippen molar-refractivity contribution in [1.29, 1.82) is 0 Å². The second-order valence-corrected chi connectivity index (χ2v) is 3.16. The highest BCUT2D eigenvalue weighted by Gasteiger charge is 2.01. The Labute approximate surface area is 93.6 Å². The van der Waals surface area contributed by atoms with Gasteiger partial charge in [-0.15, -0.1) is 0 Å². The first-order valence-corrected chi connectivity index (χ1v) is 4.80. The summed E-state index contributed by atoms with van der Waals surface area (Å²) in [5.74, 6) is -0.354. The van der Waals surface area contributed by atoms with Crippen molar-refractivity contribution in [3.63, 3.8) is 0 Å². The zero-order valence-corrected chi connectivity index (χ0v) is 9.14. The second-order valence-electron chi connectivity index (χ2n) is 2.75. The number of anilines is 1. The molecule has 0 atom stereocenters. The number of esters is 1. The Morgan fingerprint density at radius 1 is 1.40 bits per heavy atom. The molecule has 0 spiro atoms. The zero-order chi connectivity index (χ0) is 11.1. The van der Waals surface area contributed by atoms with Gasteiger partial charge in [0, 0.05) is 5.69 Å². The van der Waals surface area contributed by atoms with Crippen molar-refractivity contribution in [3.8, 4) is 0 Å². The highest BCUT2D eigenvalue weighted by molar-refractivity contribution is 7.80. The first kappa shape index (κ1) is 11.5. The van der Waals surface area contributed by atoms with Crippen LogP contribution in [0.4, 0.5) is 5.69 Å². The van der Waals surface area contributed by atoms with Gasteiger partial charge in [0.05, 0.1) is 7.11 Å². The van der Waals surface area contributed by atoms with Gasteiger partial charge >= 0.3 is 5.97 Å². The van der Waals surface area contributed by atoms with Crippen molar-refractivity contribution in [2.75, 3.05) is 19.0 Å². The van der Waals surface area contributed by atoms with E-state index >= 15 is 0 Å². The smallest absolute Gasteiger partial charge is 0.325 e. The topological polar surface area (TPSA) is 50.4 Å². The predicted octanol–water partition coefficient (Wildman–Crippen LogP) is 1.15. The van der Waals surface area contributed by atoms with Crippen molar-refractivity contribution in [1.82, 2.24) is 5.32 Å². The molecule has 80 valence electrons. The van der Waals surface area contributed by atoms with Crippen molar-refractivity contribution >= 4 is 29.0 Å². The number of ether oxygens (including phenoxy) is 1. The molecule has 0 saturated carbocycles.